The van der Waals surface area contributed by atoms with E-state index in [2.05, 4.69) is 4.99 Å². The second kappa shape index (κ2) is 8.11. The molecule has 27 heavy (non-hydrogen) atoms. The van der Waals surface area contributed by atoms with E-state index in [1.54, 1.807) is 20.3 Å². The second-order valence-corrected chi connectivity index (χ2v) is 6.56. The second-order valence-electron chi connectivity index (χ2n) is 5.55. The number of rotatable bonds is 6. The van der Waals surface area contributed by atoms with E-state index in [1.165, 1.54) is 29.5 Å². The number of ether oxygens (including phenoxy) is 2. The maximum absolute atomic E-state index is 12.6. The number of nitro benzene ring substituents is 1. The fraction of sp³-hybridized carbons (Fsp3) is 0.222. The van der Waals surface area contributed by atoms with Gasteiger partial charge in [-0.1, -0.05) is 23.5 Å². The van der Waals surface area contributed by atoms with Crippen LogP contribution in [0.15, 0.2) is 47.5 Å². The summed E-state index contributed by atoms with van der Waals surface area (Å²) in [7, 11) is 3.17. The first-order valence-corrected chi connectivity index (χ1v) is 8.85. The molecule has 0 N–H and O–H groups in total. The largest absolute Gasteiger partial charge is 0.497 e. The Bertz CT molecular complexity index is 1070. The van der Waals surface area contributed by atoms with Crippen LogP contribution in [0.5, 0.6) is 5.75 Å². The number of nitrogens with zero attached hydrogens (tertiary/aromatic N) is 3. The predicted molar refractivity (Wildman–Crippen MR) is 101 cm³/mol. The van der Waals surface area contributed by atoms with Crippen molar-refractivity contribution in [3.8, 4) is 5.75 Å². The highest BCUT2D eigenvalue weighted by Gasteiger charge is 2.19. The number of amides is 1. The maximum Gasteiger partial charge on any atom is 0.286 e. The lowest BCUT2D eigenvalue weighted by Gasteiger charge is -2.05. The third-order valence-electron chi connectivity index (χ3n) is 3.94. The predicted octanol–water partition coefficient (Wildman–Crippen LogP) is 3.01. The highest BCUT2D eigenvalue weighted by Crippen LogP contribution is 2.24. The fourth-order valence-electron chi connectivity index (χ4n) is 2.63. The maximum atomic E-state index is 12.6. The minimum Gasteiger partial charge on any atom is -0.497 e. The van der Waals surface area contributed by atoms with Gasteiger partial charge in [0.05, 0.1) is 28.9 Å². The van der Waals surface area contributed by atoms with Crippen molar-refractivity contribution in [1.82, 2.24) is 4.57 Å². The molecule has 140 valence electrons. The van der Waals surface area contributed by atoms with E-state index in [1.807, 2.05) is 22.8 Å². The van der Waals surface area contributed by atoms with Crippen LogP contribution in [0.4, 0.5) is 5.69 Å². The fourth-order valence-corrected chi connectivity index (χ4v) is 3.71. The van der Waals surface area contributed by atoms with Crippen LogP contribution in [0.25, 0.3) is 10.2 Å². The molecule has 0 atom stereocenters. The van der Waals surface area contributed by atoms with Crippen molar-refractivity contribution in [3.63, 3.8) is 0 Å². The van der Waals surface area contributed by atoms with Crippen LogP contribution >= 0.6 is 11.3 Å². The van der Waals surface area contributed by atoms with Gasteiger partial charge in [0.2, 0.25) is 0 Å². The van der Waals surface area contributed by atoms with Gasteiger partial charge in [-0.25, -0.2) is 0 Å². The van der Waals surface area contributed by atoms with E-state index in [-0.39, 0.29) is 11.3 Å². The Hall–Kier alpha value is -3.04. The standard InChI is InChI=1S/C18H17N3O5S/c1-25-10-9-20-15-8-7-12(26-2)11-16(15)27-18(20)19-17(22)13-5-3-4-6-14(13)21(23)24/h3-8,11H,9-10H2,1-2H3. The molecule has 0 saturated heterocycles. The molecule has 0 fully saturated rings. The van der Waals surface area contributed by atoms with E-state index in [0.29, 0.717) is 23.7 Å². The van der Waals surface area contributed by atoms with Gasteiger partial charge >= 0.3 is 0 Å². The number of methoxy groups -OCH3 is 2. The van der Waals surface area contributed by atoms with E-state index in [9.17, 15) is 14.9 Å². The van der Waals surface area contributed by atoms with E-state index >= 15 is 0 Å². The first-order chi connectivity index (χ1) is 13.0. The van der Waals surface area contributed by atoms with Gasteiger partial charge in [0, 0.05) is 19.7 Å². The molecule has 1 aromatic heterocycles. The van der Waals surface area contributed by atoms with Gasteiger partial charge in [0.25, 0.3) is 11.6 Å². The van der Waals surface area contributed by atoms with Crippen molar-refractivity contribution in [2.45, 2.75) is 6.54 Å². The number of carbonyl (C=O) groups is 1. The minimum absolute atomic E-state index is 0.0455. The van der Waals surface area contributed by atoms with E-state index < -0.39 is 10.8 Å². The summed E-state index contributed by atoms with van der Waals surface area (Å²) in [4.78, 5) is 27.8. The van der Waals surface area contributed by atoms with Gasteiger partial charge in [-0.15, -0.1) is 0 Å². The number of aromatic nitrogens is 1. The number of fused-ring (bicyclic) bond motifs is 1. The highest BCUT2D eigenvalue weighted by atomic mass is 32.1. The monoisotopic (exact) mass is 387 g/mol. The molecule has 3 rings (SSSR count). The van der Waals surface area contributed by atoms with Crippen LogP contribution in [0, 0.1) is 10.1 Å². The summed E-state index contributed by atoms with van der Waals surface area (Å²) < 4.78 is 13.1. The Labute approximate surface area is 158 Å². The molecular formula is C18H17N3O5S. The van der Waals surface area contributed by atoms with Gasteiger partial charge in [-0.2, -0.15) is 4.99 Å². The van der Waals surface area contributed by atoms with Gasteiger partial charge < -0.3 is 14.0 Å². The van der Waals surface area contributed by atoms with Crippen molar-refractivity contribution in [2.24, 2.45) is 4.99 Å². The number of para-hydroxylation sites is 1. The van der Waals surface area contributed by atoms with Crippen LogP contribution in [-0.4, -0.2) is 36.2 Å². The van der Waals surface area contributed by atoms with Crippen LogP contribution in [0.1, 0.15) is 10.4 Å². The summed E-state index contributed by atoms with van der Waals surface area (Å²) in [5.74, 6) is 0.0335. The van der Waals surface area contributed by atoms with Gasteiger partial charge in [-0.05, 0) is 24.3 Å². The number of nitro groups is 1. The summed E-state index contributed by atoms with van der Waals surface area (Å²) in [6.45, 7) is 0.927. The molecule has 0 spiro atoms. The molecule has 1 amide bonds. The zero-order valence-electron chi connectivity index (χ0n) is 14.7. The number of hydrogen-bond acceptors (Lipinski definition) is 6. The summed E-state index contributed by atoms with van der Waals surface area (Å²) in [5, 5.41) is 11.2. The first kappa shape index (κ1) is 18.7. The molecule has 2 aromatic carbocycles. The molecule has 0 aliphatic rings. The molecule has 3 aromatic rings. The smallest absolute Gasteiger partial charge is 0.286 e. The Balaban J connectivity index is 2.14. The quantitative estimate of drug-likeness (QED) is 0.478. The first-order valence-electron chi connectivity index (χ1n) is 8.04. The Morgan fingerprint density at radius 3 is 2.74 bits per heavy atom. The lowest BCUT2D eigenvalue weighted by atomic mass is 10.2. The van der Waals surface area contributed by atoms with Crippen molar-refractivity contribution in [2.75, 3.05) is 20.8 Å². The summed E-state index contributed by atoms with van der Waals surface area (Å²) in [6.07, 6.45) is 0. The molecule has 8 nitrogen and oxygen atoms in total. The van der Waals surface area contributed by atoms with Crippen molar-refractivity contribution >= 4 is 33.1 Å². The molecule has 0 bridgehead atoms. The summed E-state index contributed by atoms with van der Waals surface area (Å²) in [6, 6.07) is 11.3. The zero-order valence-corrected chi connectivity index (χ0v) is 15.6. The molecule has 0 saturated carbocycles. The Morgan fingerprint density at radius 1 is 1.26 bits per heavy atom. The summed E-state index contributed by atoms with van der Waals surface area (Å²) >= 11 is 1.31. The molecular weight excluding hydrogens is 370 g/mol. The SMILES string of the molecule is COCCn1c(=NC(=O)c2ccccc2[N+](=O)[O-])sc2cc(OC)ccc21. The minimum atomic E-state index is -0.660. The highest BCUT2D eigenvalue weighted by molar-refractivity contribution is 7.16. The average molecular weight is 387 g/mol. The summed E-state index contributed by atoms with van der Waals surface area (Å²) in [5.41, 5.74) is 0.570. The molecule has 0 aliphatic heterocycles. The molecule has 0 unspecified atom stereocenters. The zero-order chi connectivity index (χ0) is 19.4. The number of thiazole rings is 1. The molecule has 0 aliphatic carbocycles. The van der Waals surface area contributed by atoms with E-state index in [0.717, 1.165) is 10.2 Å². The Morgan fingerprint density at radius 2 is 2.04 bits per heavy atom. The van der Waals surface area contributed by atoms with Crippen LogP contribution in [0.3, 0.4) is 0 Å². The van der Waals surface area contributed by atoms with Gasteiger partial charge in [-0.3, -0.25) is 14.9 Å². The number of carbonyl (C=O) groups excluding carboxylic acids is 1. The van der Waals surface area contributed by atoms with Crippen molar-refractivity contribution in [1.29, 1.82) is 0 Å². The molecule has 9 heteroatoms. The van der Waals surface area contributed by atoms with E-state index in [4.69, 9.17) is 9.47 Å². The third-order valence-corrected chi connectivity index (χ3v) is 4.98. The number of benzene rings is 2. The van der Waals surface area contributed by atoms with Crippen LogP contribution < -0.4 is 9.54 Å². The normalized spacial score (nSPS) is 11.7. The topological polar surface area (TPSA) is 96.0 Å². The van der Waals surface area contributed by atoms with Gasteiger partial charge in [0.1, 0.15) is 11.3 Å². The lowest BCUT2D eigenvalue weighted by Crippen LogP contribution is -2.19. The van der Waals surface area contributed by atoms with Crippen molar-refractivity contribution in [3.05, 3.63) is 62.9 Å². The van der Waals surface area contributed by atoms with Crippen molar-refractivity contribution < 1.29 is 19.2 Å². The third kappa shape index (κ3) is 3.88. The van der Waals surface area contributed by atoms with Crippen LogP contribution in [0.2, 0.25) is 0 Å². The lowest BCUT2D eigenvalue weighted by molar-refractivity contribution is -0.385. The van der Waals surface area contributed by atoms with Gasteiger partial charge in [0.15, 0.2) is 4.80 Å². The van der Waals surface area contributed by atoms with Crippen LogP contribution in [-0.2, 0) is 11.3 Å². The molecule has 0 radical (unpaired) electrons. The number of hydrogen-bond donors (Lipinski definition) is 0. The average Bonchev–Trinajstić information content (AvgIpc) is 3.02. The molecule has 1 heterocycles. The Kier molecular flexibility index (Phi) is 5.63.